The molecule has 4 heteroatoms. The van der Waals surface area contributed by atoms with Crippen molar-refractivity contribution in [1.29, 1.82) is 0 Å². The molecule has 110 valence electrons. The molecule has 0 spiro atoms. The number of anilines is 2. The minimum Gasteiger partial charge on any atom is -0.372 e. The van der Waals surface area contributed by atoms with E-state index in [2.05, 4.69) is 41.5 Å². The molecule has 1 atom stereocenters. The van der Waals surface area contributed by atoms with Crippen molar-refractivity contribution >= 4 is 17.3 Å². The van der Waals surface area contributed by atoms with Gasteiger partial charge in [-0.3, -0.25) is 4.79 Å². The molecule has 2 rings (SSSR count). The van der Waals surface area contributed by atoms with Crippen molar-refractivity contribution in [1.82, 2.24) is 5.32 Å². The summed E-state index contributed by atoms with van der Waals surface area (Å²) in [4.78, 5) is 14.2. The lowest BCUT2D eigenvalue weighted by molar-refractivity contribution is -0.116. The lowest BCUT2D eigenvalue weighted by atomic mass is 10.1. The van der Waals surface area contributed by atoms with E-state index in [1.54, 1.807) is 0 Å². The molecule has 4 nitrogen and oxygen atoms in total. The van der Waals surface area contributed by atoms with Crippen LogP contribution >= 0.6 is 0 Å². The highest BCUT2D eigenvalue weighted by Gasteiger charge is 2.17. The van der Waals surface area contributed by atoms with E-state index >= 15 is 0 Å². The van der Waals surface area contributed by atoms with Gasteiger partial charge in [0.1, 0.15) is 0 Å². The fourth-order valence-electron chi connectivity index (χ4n) is 2.71. The highest BCUT2D eigenvalue weighted by atomic mass is 16.1. The van der Waals surface area contributed by atoms with Crippen LogP contribution in [0.15, 0.2) is 24.3 Å². The molecule has 1 aromatic carbocycles. The van der Waals surface area contributed by atoms with Gasteiger partial charge in [0.05, 0.1) is 0 Å². The summed E-state index contributed by atoms with van der Waals surface area (Å²) in [5.41, 5.74) is 2.08. The SMILES string of the molecule is CCN(CC)c1ccc(NC(=O)CC2CCCN2)cc1. The molecule has 0 aliphatic carbocycles. The van der Waals surface area contributed by atoms with Crippen LogP contribution in [0.1, 0.15) is 33.1 Å². The number of hydrogen-bond donors (Lipinski definition) is 2. The number of carbonyl (C=O) groups excluding carboxylic acids is 1. The van der Waals surface area contributed by atoms with Gasteiger partial charge in [-0.25, -0.2) is 0 Å². The summed E-state index contributed by atoms with van der Waals surface area (Å²) in [7, 11) is 0. The first-order chi connectivity index (χ1) is 9.72. The van der Waals surface area contributed by atoms with E-state index < -0.39 is 0 Å². The normalized spacial score (nSPS) is 18.0. The van der Waals surface area contributed by atoms with Crippen molar-refractivity contribution in [2.75, 3.05) is 29.9 Å². The van der Waals surface area contributed by atoms with E-state index in [1.807, 2.05) is 12.1 Å². The maximum atomic E-state index is 11.9. The third-order valence-corrected chi connectivity index (χ3v) is 3.87. The molecule has 0 saturated carbocycles. The van der Waals surface area contributed by atoms with Crippen molar-refractivity contribution in [2.24, 2.45) is 0 Å². The number of amides is 1. The van der Waals surface area contributed by atoms with Gasteiger partial charge in [-0.1, -0.05) is 0 Å². The molecule has 1 heterocycles. The van der Waals surface area contributed by atoms with Crippen LogP contribution in [0.4, 0.5) is 11.4 Å². The second-order valence-electron chi connectivity index (χ2n) is 5.26. The molecule has 2 N–H and O–H groups in total. The number of carbonyl (C=O) groups is 1. The van der Waals surface area contributed by atoms with E-state index in [-0.39, 0.29) is 5.91 Å². The average Bonchev–Trinajstić information content (AvgIpc) is 2.94. The smallest absolute Gasteiger partial charge is 0.225 e. The summed E-state index contributed by atoms with van der Waals surface area (Å²) in [5, 5.41) is 6.32. The number of rotatable bonds is 6. The first-order valence-electron chi connectivity index (χ1n) is 7.61. The van der Waals surface area contributed by atoms with Crippen molar-refractivity contribution in [2.45, 2.75) is 39.2 Å². The molecule has 1 aliphatic rings. The zero-order chi connectivity index (χ0) is 14.4. The number of nitrogens with one attached hydrogen (secondary N) is 2. The van der Waals surface area contributed by atoms with Gasteiger partial charge in [0, 0.05) is 36.9 Å². The van der Waals surface area contributed by atoms with E-state index in [0.29, 0.717) is 12.5 Å². The largest absolute Gasteiger partial charge is 0.372 e. The zero-order valence-corrected chi connectivity index (χ0v) is 12.5. The zero-order valence-electron chi connectivity index (χ0n) is 12.5. The summed E-state index contributed by atoms with van der Waals surface area (Å²) in [6.07, 6.45) is 2.85. The maximum absolute atomic E-state index is 11.9. The van der Waals surface area contributed by atoms with Crippen LogP contribution in [0.25, 0.3) is 0 Å². The van der Waals surface area contributed by atoms with E-state index in [1.165, 1.54) is 12.1 Å². The Labute approximate surface area is 121 Å². The van der Waals surface area contributed by atoms with Gasteiger partial charge >= 0.3 is 0 Å². The van der Waals surface area contributed by atoms with Gasteiger partial charge in [-0.05, 0) is 57.5 Å². The number of hydrogen-bond acceptors (Lipinski definition) is 3. The van der Waals surface area contributed by atoms with Crippen LogP contribution in [0, 0.1) is 0 Å². The summed E-state index contributed by atoms with van der Waals surface area (Å²) < 4.78 is 0. The summed E-state index contributed by atoms with van der Waals surface area (Å²) in [6, 6.07) is 8.44. The Kier molecular flexibility index (Phi) is 5.41. The monoisotopic (exact) mass is 275 g/mol. The molecular formula is C16H25N3O. The van der Waals surface area contributed by atoms with Crippen LogP contribution in [0.2, 0.25) is 0 Å². The Morgan fingerprint density at radius 1 is 1.30 bits per heavy atom. The van der Waals surface area contributed by atoms with Crippen molar-refractivity contribution in [3.63, 3.8) is 0 Å². The van der Waals surface area contributed by atoms with Crippen LogP contribution in [0.5, 0.6) is 0 Å². The summed E-state index contributed by atoms with van der Waals surface area (Å²) in [5.74, 6) is 0.0972. The predicted octanol–water partition coefficient (Wildman–Crippen LogP) is 2.61. The molecule has 1 aromatic rings. The van der Waals surface area contributed by atoms with Crippen LogP contribution in [-0.4, -0.2) is 31.6 Å². The molecule has 1 unspecified atom stereocenters. The molecule has 0 radical (unpaired) electrons. The Hall–Kier alpha value is -1.55. The highest BCUT2D eigenvalue weighted by Crippen LogP contribution is 2.18. The average molecular weight is 275 g/mol. The summed E-state index contributed by atoms with van der Waals surface area (Å²) >= 11 is 0. The van der Waals surface area contributed by atoms with Gasteiger partial charge in [0.25, 0.3) is 0 Å². The maximum Gasteiger partial charge on any atom is 0.225 e. The molecular weight excluding hydrogens is 250 g/mol. The second-order valence-corrected chi connectivity index (χ2v) is 5.26. The molecule has 20 heavy (non-hydrogen) atoms. The topological polar surface area (TPSA) is 44.4 Å². The van der Waals surface area contributed by atoms with E-state index in [0.717, 1.165) is 31.7 Å². The standard InChI is InChI=1S/C16H25N3O/c1-3-19(4-2)15-9-7-13(8-10-15)18-16(20)12-14-6-5-11-17-14/h7-10,14,17H,3-6,11-12H2,1-2H3,(H,18,20). The molecule has 0 bridgehead atoms. The minimum atomic E-state index is 0.0972. The van der Waals surface area contributed by atoms with Crippen LogP contribution < -0.4 is 15.5 Å². The number of nitrogens with zero attached hydrogens (tertiary/aromatic N) is 1. The van der Waals surface area contributed by atoms with Crippen LogP contribution in [0.3, 0.4) is 0 Å². The second kappa shape index (κ2) is 7.29. The third kappa shape index (κ3) is 3.97. The van der Waals surface area contributed by atoms with Gasteiger partial charge in [0.15, 0.2) is 0 Å². The Balaban J connectivity index is 1.87. The quantitative estimate of drug-likeness (QED) is 0.839. The number of benzene rings is 1. The Bertz CT molecular complexity index is 420. The van der Waals surface area contributed by atoms with Gasteiger partial charge < -0.3 is 15.5 Å². The van der Waals surface area contributed by atoms with Crippen LogP contribution in [-0.2, 0) is 4.79 Å². The highest BCUT2D eigenvalue weighted by molar-refractivity contribution is 5.91. The van der Waals surface area contributed by atoms with Crippen molar-refractivity contribution < 1.29 is 4.79 Å². The predicted molar refractivity (Wildman–Crippen MR) is 84.3 cm³/mol. The lowest BCUT2D eigenvalue weighted by Gasteiger charge is -2.21. The lowest BCUT2D eigenvalue weighted by Crippen LogP contribution is -2.27. The summed E-state index contributed by atoms with van der Waals surface area (Å²) in [6.45, 7) is 7.32. The Morgan fingerprint density at radius 3 is 2.55 bits per heavy atom. The minimum absolute atomic E-state index is 0.0972. The Morgan fingerprint density at radius 2 is 2.00 bits per heavy atom. The molecule has 0 aromatic heterocycles. The van der Waals surface area contributed by atoms with E-state index in [9.17, 15) is 4.79 Å². The van der Waals surface area contributed by atoms with Crippen molar-refractivity contribution in [3.05, 3.63) is 24.3 Å². The molecule has 1 aliphatic heterocycles. The first-order valence-corrected chi connectivity index (χ1v) is 7.61. The third-order valence-electron chi connectivity index (χ3n) is 3.87. The van der Waals surface area contributed by atoms with Crippen molar-refractivity contribution in [3.8, 4) is 0 Å². The fraction of sp³-hybridized carbons (Fsp3) is 0.562. The molecule has 1 fully saturated rings. The molecule has 1 saturated heterocycles. The van der Waals surface area contributed by atoms with Gasteiger partial charge in [0.2, 0.25) is 5.91 Å². The first kappa shape index (κ1) is 14.9. The molecule has 1 amide bonds. The van der Waals surface area contributed by atoms with Gasteiger partial charge in [-0.2, -0.15) is 0 Å². The van der Waals surface area contributed by atoms with Gasteiger partial charge in [-0.15, -0.1) is 0 Å². The fourth-order valence-corrected chi connectivity index (χ4v) is 2.71. The van der Waals surface area contributed by atoms with E-state index in [4.69, 9.17) is 0 Å².